The molecular formula is C7H10N2O. The van der Waals surface area contributed by atoms with Crippen molar-refractivity contribution in [2.24, 2.45) is 5.73 Å². The second kappa shape index (κ2) is 3.17. The number of hydrogen-bond acceptors (Lipinski definition) is 3. The van der Waals surface area contributed by atoms with E-state index in [9.17, 15) is 0 Å². The predicted molar refractivity (Wildman–Crippen MR) is 38.7 cm³/mol. The Labute approximate surface area is 59.8 Å². The molecule has 0 atom stereocenters. The zero-order valence-corrected chi connectivity index (χ0v) is 5.87. The maximum absolute atomic E-state index is 5.41. The summed E-state index contributed by atoms with van der Waals surface area (Å²) in [5.74, 6) is 0.803. The van der Waals surface area contributed by atoms with Crippen molar-refractivity contribution in [1.82, 2.24) is 4.98 Å². The lowest BCUT2D eigenvalue weighted by molar-refractivity contribution is 0.409. The van der Waals surface area contributed by atoms with Crippen molar-refractivity contribution in [2.75, 3.05) is 7.11 Å². The fraction of sp³-hybridized carbons (Fsp3) is 0.286. The summed E-state index contributed by atoms with van der Waals surface area (Å²) in [4.78, 5) is 3.90. The average molecular weight is 138 g/mol. The number of pyridine rings is 1. The molecule has 3 heteroatoms. The van der Waals surface area contributed by atoms with Crippen molar-refractivity contribution >= 4 is 0 Å². The van der Waals surface area contributed by atoms with E-state index in [1.54, 1.807) is 25.6 Å². The molecule has 0 aliphatic carbocycles. The van der Waals surface area contributed by atoms with Crippen LogP contribution in [-0.4, -0.2) is 12.1 Å². The first-order valence-corrected chi connectivity index (χ1v) is 3.05. The molecule has 0 unspecified atom stereocenters. The second-order valence-electron chi connectivity index (χ2n) is 1.89. The zero-order chi connectivity index (χ0) is 7.40. The van der Waals surface area contributed by atoms with Crippen LogP contribution in [-0.2, 0) is 6.54 Å². The van der Waals surface area contributed by atoms with Gasteiger partial charge in [0.15, 0.2) is 0 Å². The predicted octanol–water partition coefficient (Wildman–Crippen LogP) is 0.549. The lowest BCUT2D eigenvalue weighted by Gasteiger charge is -2.03. The molecular weight excluding hydrogens is 128 g/mol. The Morgan fingerprint density at radius 3 is 3.00 bits per heavy atom. The minimum atomic E-state index is 0.469. The van der Waals surface area contributed by atoms with Crippen molar-refractivity contribution in [3.63, 3.8) is 0 Å². The minimum absolute atomic E-state index is 0.469. The molecule has 0 bridgehead atoms. The maximum atomic E-state index is 5.41. The Morgan fingerprint density at radius 2 is 2.50 bits per heavy atom. The molecule has 10 heavy (non-hydrogen) atoms. The van der Waals surface area contributed by atoms with Gasteiger partial charge in [0.2, 0.25) is 0 Å². The van der Waals surface area contributed by atoms with Gasteiger partial charge in [-0.3, -0.25) is 4.98 Å². The number of rotatable bonds is 2. The van der Waals surface area contributed by atoms with E-state index in [1.807, 2.05) is 0 Å². The Balaban J connectivity index is 2.96. The van der Waals surface area contributed by atoms with E-state index in [4.69, 9.17) is 10.5 Å². The molecule has 0 radical (unpaired) electrons. The van der Waals surface area contributed by atoms with Gasteiger partial charge in [-0.25, -0.2) is 0 Å². The lowest BCUT2D eigenvalue weighted by Crippen LogP contribution is -1.99. The van der Waals surface area contributed by atoms with Crippen molar-refractivity contribution in [1.29, 1.82) is 0 Å². The molecule has 2 N–H and O–H groups in total. The molecule has 54 valence electrons. The van der Waals surface area contributed by atoms with E-state index in [-0.39, 0.29) is 0 Å². The van der Waals surface area contributed by atoms with Gasteiger partial charge in [0, 0.05) is 24.5 Å². The fourth-order valence-electron chi connectivity index (χ4n) is 0.767. The van der Waals surface area contributed by atoms with Gasteiger partial charge in [0.05, 0.1) is 7.11 Å². The highest BCUT2D eigenvalue weighted by atomic mass is 16.5. The number of ether oxygens (including phenoxy) is 1. The van der Waals surface area contributed by atoms with Crippen LogP contribution in [0.15, 0.2) is 18.5 Å². The van der Waals surface area contributed by atoms with Crippen LogP contribution in [0.3, 0.4) is 0 Å². The molecule has 1 rings (SSSR count). The number of hydrogen-bond donors (Lipinski definition) is 1. The molecule has 0 saturated carbocycles. The summed E-state index contributed by atoms with van der Waals surface area (Å²) in [5, 5.41) is 0. The van der Waals surface area contributed by atoms with Gasteiger partial charge in [-0.05, 0) is 6.07 Å². The van der Waals surface area contributed by atoms with Crippen LogP contribution < -0.4 is 10.5 Å². The first kappa shape index (κ1) is 7.02. The van der Waals surface area contributed by atoms with Crippen molar-refractivity contribution in [2.45, 2.75) is 6.54 Å². The van der Waals surface area contributed by atoms with Gasteiger partial charge in [-0.2, -0.15) is 0 Å². The number of aromatic nitrogens is 1. The summed E-state index contributed by atoms with van der Waals surface area (Å²) < 4.78 is 5.02. The molecule has 0 amide bonds. The van der Waals surface area contributed by atoms with E-state index < -0.39 is 0 Å². The van der Waals surface area contributed by atoms with Gasteiger partial charge < -0.3 is 10.5 Å². The third-order valence-corrected chi connectivity index (χ3v) is 1.30. The Kier molecular flexibility index (Phi) is 2.23. The molecule has 1 aromatic heterocycles. The molecule has 0 fully saturated rings. The van der Waals surface area contributed by atoms with Crippen LogP contribution in [0.2, 0.25) is 0 Å². The van der Waals surface area contributed by atoms with Crippen LogP contribution >= 0.6 is 0 Å². The second-order valence-corrected chi connectivity index (χ2v) is 1.89. The highest BCUT2D eigenvalue weighted by Crippen LogP contribution is 2.13. The van der Waals surface area contributed by atoms with Crippen molar-refractivity contribution in [3.05, 3.63) is 24.0 Å². The summed E-state index contributed by atoms with van der Waals surface area (Å²) in [7, 11) is 1.62. The zero-order valence-electron chi connectivity index (χ0n) is 5.87. The largest absolute Gasteiger partial charge is 0.496 e. The van der Waals surface area contributed by atoms with Crippen molar-refractivity contribution in [3.8, 4) is 5.75 Å². The molecule has 1 heterocycles. The third kappa shape index (κ3) is 1.25. The van der Waals surface area contributed by atoms with Gasteiger partial charge in [0.1, 0.15) is 5.75 Å². The number of nitrogens with two attached hydrogens (primary N) is 1. The van der Waals surface area contributed by atoms with Crippen LogP contribution in [0.5, 0.6) is 5.75 Å². The summed E-state index contributed by atoms with van der Waals surface area (Å²) >= 11 is 0. The highest BCUT2D eigenvalue weighted by molar-refractivity contribution is 5.29. The molecule has 0 aliphatic heterocycles. The topological polar surface area (TPSA) is 48.1 Å². The standard InChI is InChI=1S/C7H10N2O/c1-10-7-2-3-9-5-6(7)4-8/h2-3,5H,4,8H2,1H3. The van der Waals surface area contributed by atoms with Crippen LogP contribution in [0.4, 0.5) is 0 Å². The SMILES string of the molecule is COc1ccncc1CN. The quantitative estimate of drug-likeness (QED) is 0.649. The smallest absolute Gasteiger partial charge is 0.126 e. The molecule has 0 saturated heterocycles. The summed E-state index contributed by atoms with van der Waals surface area (Å²) in [6.45, 7) is 0.469. The van der Waals surface area contributed by atoms with E-state index in [0.29, 0.717) is 6.54 Å². The van der Waals surface area contributed by atoms with Gasteiger partial charge >= 0.3 is 0 Å². The van der Waals surface area contributed by atoms with E-state index in [2.05, 4.69) is 4.98 Å². The first-order chi connectivity index (χ1) is 4.88. The molecule has 3 nitrogen and oxygen atoms in total. The van der Waals surface area contributed by atoms with Crippen LogP contribution in [0.1, 0.15) is 5.56 Å². The summed E-state index contributed by atoms with van der Waals surface area (Å²) in [6.07, 6.45) is 3.39. The summed E-state index contributed by atoms with van der Waals surface area (Å²) in [5.41, 5.74) is 6.34. The highest BCUT2D eigenvalue weighted by Gasteiger charge is 1.96. The summed E-state index contributed by atoms with van der Waals surface area (Å²) in [6, 6.07) is 1.79. The van der Waals surface area contributed by atoms with Gasteiger partial charge in [-0.1, -0.05) is 0 Å². The fourth-order valence-corrected chi connectivity index (χ4v) is 0.767. The Bertz CT molecular complexity index is 190. The molecule has 0 spiro atoms. The van der Waals surface area contributed by atoms with E-state index in [0.717, 1.165) is 11.3 Å². The normalized spacial score (nSPS) is 9.40. The Morgan fingerprint density at radius 1 is 1.70 bits per heavy atom. The Hall–Kier alpha value is -1.09. The minimum Gasteiger partial charge on any atom is -0.496 e. The average Bonchev–Trinajstić information content (AvgIpc) is 2.04. The van der Waals surface area contributed by atoms with Crippen LogP contribution in [0, 0.1) is 0 Å². The van der Waals surface area contributed by atoms with E-state index >= 15 is 0 Å². The number of methoxy groups -OCH3 is 1. The van der Waals surface area contributed by atoms with Crippen molar-refractivity contribution < 1.29 is 4.74 Å². The maximum Gasteiger partial charge on any atom is 0.126 e. The van der Waals surface area contributed by atoms with Gasteiger partial charge in [0.25, 0.3) is 0 Å². The molecule has 0 aromatic carbocycles. The third-order valence-electron chi connectivity index (χ3n) is 1.30. The first-order valence-electron chi connectivity index (χ1n) is 3.05. The van der Waals surface area contributed by atoms with E-state index in [1.165, 1.54) is 0 Å². The van der Waals surface area contributed by atoms with Crippen LogP contribution in [0.25, 0.3) is 0 Å². The lowest BCUT2D eigenvalue weighted by atomic mass is 10.2. The molecule has 0 aliphatic rings. The molecule has 1 aromatic rings. The number of nitrogens with zero attached hydrogens (tertiary/aromatic N) is 1. The monoisotopic (exact) mass is 138 g/mol. The van der Waals surface area contributed by atoms with Gasteiger partial charge in [-0.15, -0.1) is 0 Å².